The van der Waals surface area contributed by atoms with Crippen LogP contribution in [0.3, 0.4) is 0 Å². The summed E-state index contributed by atoms with van der Waals surface area (Å²) in [4.78, 5) is 27.0. The maximum Gasteiger partial charge on any atom is 0.293 e. The summed E-state index contributed by atoms with van der Waals surface area (Å²) in [5.74, 6) is -0.0152. The maximum atomic E-state index is 12.6. The van der Waals surface area contributed by atoms with Crippen LogP contribution in [-0.4, -0.2) is 18.4 Å². The summed E-state index contributed by atoms with van der Waals surface area (Å²) in [7, 11) is 0. The third-order valence-electron chi connectivity index (χ3n) is 4.84. The Morgan fingerprint density at radius 3 is 2.67 bits per heavy atom. The number of anilines is 2. The van der Waals surface area contributed by atoms with Gasteiger partial charge in [0.25, 0.3) is 11.8 Å². The molecule has 0 saturated carbocycles. The molecular weight excluding hydrogens is 340 g/mol. The summed E-state index contributed by atoms with van der Waals surface area (Å²) in [6.45, 7) is 4.53. The number of carbonyl (C=O) groups is 2. The molecule has 136 valence electrons. The van der Waals surface area contributed by atoms with E-state index in [0.717, 1.165) is 28.8 Å². The van der Waals surface area contributed by atoms with Gasteiger partial charge in [-0.3, -0.25) is 9.59 Å². The van der Waals surface area contributed by atoms with E-state index in [-0.39, 0.29) is 11.8 Å². The smallest absolute Gasteiger partial charge is 0.293 e. The molecule has 3 aromatic rings. The number of hydrogen-bond acceptors (Lipinski definition) is 3. The molecule has 0 fully saturated rings. The molecule has 0 aliphatic carbocycles. The molecular formula is C22H20N2O3. The Morgan fingerprint density at radius 1 is 1.07 bits per heavy atom. The van der Waals surface area contributed by atoms with Gasteiger partial charge in [0.05, 0.1) is 6.26 Å². The van der Waals surface area contributed by atoms with Crippen molar-refractivity contribution in [3.8, 4) is 0 Å². The SMILES string of the molecule is Cc1ccc(C(=O)Nc2ccc3c(c2)N(C(=O)c2ccco2)CC3)c(C)c1. The molecule has 2 aromatic carbocycles. The summed E-state index contributed by atoms with van der Waals surface area (Å²) >= 11 is 0. The predicted molar refractivity (Wildman–Crippen MR) is 104 cm³/mol. The van der Waals surface area contributed by atoms with Crippen molar-refractivity contribution in [1.82, 2.24) is 0 Å². The lowest BCUT2D eigenvalue weighted by atomic mass is 10.0. The van der Waals surface area contributed by atoms with Crippen LogP contribution in [0.15, 0.2) is 59.2 Å². The van der Waals surface area contributed by atoms with Gasteiger partial charge >= 0.3 is 0 Å². The van der Waals surface area contributed by atoms with E-state index >= 15 is 0 Å². The lowest BCUT2D eigenvalue weighted by molar-refractivity contribution is 0.0962. The zero-order valence-electron chi connectivity index (χ0n) is 15.3. The maximum absolute atomic E-state index is 12.6. The molecule has 0 spiro atoms. The normalized spacial score (nSPS) is 12.7. The monoisotopic (exact) mass is 360 g/mol. The Kier molecular flexibility index (Phi) is 4.28. The van der Waals surface area contributed by atoms with Crippen molar-refractivity contribution in [2.45, 2.75) is 20.3 Å². The van der Waals surface area contributed by atoms with Crippen LogP contribution in [0.1, 0.15) is 37.6 Å². The predicted octanol–water partition coefficient (Wildman–Crippen LogP) is 4.35. The minimum atomic E-state index is -0.170. The van der Waals surface area contributed by atoms with Gasteiger partial charge in [-0.05, 0) is 61.7 Å². The first-order valence-electron chi connectivity index (χ1n) is 8.90. The molecule has 1 N–H and O–H groups in total. The quantitative estimate of drug-likeness (QED) is 0.755. The van der Waals surface area contributed by atoms with Crippen LogP contribution in [0, 0.1) is 13.8 Å². The molecule has 4 rings (SSSR count). The second-order valence-electron chi connectivity index (χ2n) is 6.80. The molecule has 27 heavy (non-hydrogen) atoms. The Morgan fingerprint density at radius 2 is 1.93 bits per heavy atom. The van der Waals surface area contributed by atoms with E-state index in [1.807, 2.05) is 50.2 Å². The van der Waals surface area contributed by atoms with E-state index in [9.17, 15) is 9.59 Å². The molecule has 0 atom stereocenters. The lowest BCUT2D eigenvalue weighted by Crippen LogP contribution is -2.28. The van der Waals surface area contributed by atoms with Gasteiger partial charge in [0.1, 0.15) is 0 Å². The van der Waals surface area contributed by atoms with Gasteiger partial charge in [-0.2, -0.15) is 0 Å². The van der Waals surface area contributed by atoms with Crippen molar-refractivity contribution < 1.29 is 14.0 Å². The number of carbonyl (C=O) groups excluding carboxylic acids is 2. The van der Waals surface area contributed by atoms with Gasteiger partial charge in [-0.1, -0.05) is 23.8 Å². The van der Waals surface area contributed by atoms with Crippen molar-refractivity contribution in [2.75, 3.05) is 16.8 Å². The van der Waals surface area contributed by atoms with Crippen molar-refractivity contribution in [3.63, 3.8) is 0 Å². The second-order valence-corrected chi connectivity index (χ2v) is 6.80. The highest BCUT2D eigenvalue weighted by atomic mass is 16.3. The largest absolute Gasteiger partial charge is 0.459 e. The van der Waals surface area contributed by atoms with E-state index in [2.05, 4.69) is 5.32 Å². The minimum Gasteiger partial charge on any atom is -0.459 e. The third-order valence-corrected chi connectivity index (χ3v) is 4.84. The first-order valence-corrected chi connectivity index (χ1v) is 8.90. The van der Waals surface area contributed by atoms with E-state index < -0.39 is 0 Å². The van der Waals surface area contributed by atoms with Crippen LogP contribution in [0.5, 0.6) is 0 Å². The van der Waals surface area contributed by atoms with Gasteiger partial charge in [-0.25, -0.2) is 0 Å². The number of hydrogen-bond donors (Lipinski definition) is 1. The summed E-state index contributed by atoms with van der Waals surface area (Å²) in [5.41, 5.74) is 5.26. The summed E-state index contributed by atoms with van der Waals surface area (Å²) in [5, 5.41) is 2.94. The summed E-state index contributed by atoms with van der Waals surface area (Å²) in [6, 6.07) is 14.8. The van der Waals surface area contributed by atoms with Crippen LogP contribution < -0.4 is 10.2 Å². The van der Waals surface area contributed by atoms with E-state index in [1.54, 1.807) is 17.0 Å². The Balaban J connectivity index is 1.58. The highest BCUT2D eigenvalue weighted by Gasteiger charge is 2.27. The van der Waals surface area contributed by atoms with Gasteiger partial charge in [0, 0.05) is 23.5 Å². The first kappa shape index (κ1) is 17.1. The van der Waals surface area contributed by atoms with E-state index in [4.69, 9.17) is 4.42 Å². The van der Waals surface area contributed by atoms with E-state index in [1.165, 1.54) is 6.26 Å². The number of furan rings is 1. The van der Waals surface area contributed by atoms with Crippen molar-refractivity contribution in [1.29, 1.82) is 0 Å². The number of rotatable bonds is 3. The van der Waals surface area contributed by atoms with Gasteiger partial charge in [0.2, 0.25) is 0 Å². The summed E-state index contributed by atoms with van der Waals surface area (Å²) < 4.78 is 5.24. The zero-order chi connectivity index (χ0) is 19.0. The fraction of sp³-hybridized carbons (Fsp3) is 0.182. The fourth-order valence-electron chi connectivity index (χ4n) is 3.47. The Hall–Kier alpha value is -3.34. The zero-order valence-corrected chi connectivity index (χ0v) is 15.3. The Bertz CT molecular complexity index is 1020. The number of aryl methyl sites for hydroxylation is 2. The van der Waals surface area contributed by atoms with Gasteiger partial charge in [-0.15, -0.1) is 0 Å². The molecule has 2 heterocycles. The minimum absolute atomic E-state index is 0.158. The second kappa shape index (κ2) is 6.76. The van der Waals surface area contributed by atoms with Crippen LogP contribution in [0.25, 0.3) is 0 Å². The number of fused-ring (bicyclic) bond motifs is 1. The molecule has 5 nitrogen and oxygen atoms in total. The van der Waals surface area contributed by atoms with Crippen LogP contribution in [0.4, 0.5) is 11.4 Å². The molecule has 0 radical (unpaired) electrons. The fourth-order valence-corrected chi connectivity index (χ4v) is 3.47. The number of nitrogens with zero attached hydrogens (tertiary/aromatic N) is 1. The number of benzene rings is 2. The summed E-state index contributed by atoms with van der Waals surface area (Å²) in [6.07, 6.45) is 2.28. The van der Waals surface area contributed by atoms with Crippen LogP contribution in [-0.2, 0) is 6.42 Å². The highest BCUT2D eigenvalue weighted by molar-refractivity contribution is 6.08. The highest BCUT2D eigenvalue weighted by Crippen LogP contribution is 2.32. The topological polar surface area (TPSA) is 62.6 Å². The van der Waals surface area contributed by atoms with Crippen LogP contribution >= 0.6 is 0 Å². The average molecular weight is 360 g/mol. The molecule has 1 aliphatic rings. The van der Waals surface area contributed by atoms with Crippen LogP contribution in [0.2, 0.25) is 0 Å². The molecule has 1 aliphatic heterocycles. The molecule has 5 heteroatoms. The number of amides is 2. The molecule has 2 amide bonds. The third kappa shape index (κ3) is 3.24. The average Bonchev–Trinajstić information content (AvgIpc) is 3.31. The Labute approximate surface area is 157 Å². The van der Waals surface area contributed by atoms with Crippen molar-refractivity contribution >= 4 is 23.2 Å². The van der Waals surface area contributed by atoms with Crippen molar-refractivity contribution in [3.05, 3.63) is 82.8 Å². The molecule has 1 aromatic heterocycles. The van der Waals surface area contributed by atoms with Crippen molar-refractivity contribution in [2.24, 2.45) is 0 Å². The van der Waals surface area contributed by atoms with E-state index in [0.29, 0.717) is 23.6 Å². The lowest BCUT2D eigenvalue weighted by Gasteiger charge is -2.17. The number of nitrogens with one attached hydrogen (secondary N) is 1. The molecule has 0 saturated heterocycles. The van der Waals surface area contributed by atoms with Gasteiger partial charge in [0.15, 0.2) is 5.76 Å². The molecule has 0 unspecified atom stereocenters. The first-order chi connectivity index (χ1) is 13.0. The van der Waals surface area contributed by atoms with Gasteiger partial charge < -0.3 is 14.6 Å². The molecule has 0 bridgehead atoms. The standard InChI is InChI=1S/C22H20N2O3/c1-14-5-8-18(15(2)12-14)21(25)23-17-7-6-16-9-10-24(19(16)13-17)22(26)20-4-3-11-27-20/h3-8,11-13H,9-10H2,1-2H3,(H,23,25).